The molecule has 0 unspecified atom stereocenters. The van der Waals surface area contributed by atoms with E-state index in [9.17, 15) is 24.5 Å². The lowest BCUT2D eigenvalue weighted by molar-refractivity contribution is -0.384. The number of hydrogen-bond donors (Lipinski definition) is 1. The van der Waals surface area contributed by atoms with E-state index in [-0.39, 0.29) is 41.4 Å². The summed E-state index contributed by atoms with van der Waals surface area (Å²) in [5, 5.41) is 14.5. The maximum absolute atomic E-state index is 14.2. The van der Waals surface area contributed by atoms with Gasteiger partial charge < -0.3 is 10.1 Å². The molecule has 3 aromatic carbocycles. The summed E-state index contributed by atoms with van der Waals surface area (Å²) in [6.07, 6.45) is 1.63. The van der Waals surface area contributed by atoms with Crippen LogP contribution in [0.15, 0.2) is 66.7 Å². The van der Waals surface area contributed by atoms with E-state index < -0.39 is 34.5 Å². The van der Waals surface area contributed by atoms with Crippen LogP contribution < -0.4 is 10.2 Å². The molecule has 2 fully saturated rings. The predicted octanol–water partition coefficient (Wildman–Crippen LogP) is 3.90. The number of carbonyl (C=O) groups excluding carboxylic acids is 3. The van der Waals surface area contributed by atoms with Crippen LogP contribution in [0.4, 0.5) is 11.4 Å². The number of anilines is 1. The molecule has 3 aromatic rings. The lowest BCUT2D eigenvalue weighted by Gasteiger charge is -2.45. The molecule has 2 bridgehead atoms. The molecule has 2 saturated heterocycles. The second-order valence-corrected chi connectivity index (χ2v) is 10.6. The molecular formula is C30H25N3O6. The van der Waals surface area contributed by atoms with Crippen LogP contribution in [0, 0.1) is 22.0 Å². The monoisotopic (exact) mass is 523 g/mol. The molecule has 3 amide bonds. The lowest BCUT2D eigenvalue weighted by atomic mass is 9.55. The Labute approximate surface area is 223 Å². The fourth-order valence-corrected chi connectivity index (χ4v) is 7.03. The van der Waals surface area contributed by atoms with E-state index in [2.05, 4.69) is 5.32 Å². The highest BCUT2D eigenvalue weighted by Crippen LogP contribution is 2.61. The molecule has 0 radical (unpaired) electrons. The maximum atomic E-state index is 14.2. The molecule has 2 aliphatic heterocycles. The van der Waals surface area contributed by atoms with E-state index in [4.69, 9.17) is 4.74 Å². The molecule has 1 N–H and O–H groups in total. The van der Waals surface area contributed by atoms with Gasteiger partial charge in [-0.15, -0.1) is 0 Å². The molecule has 0 saturated carbocycles. The summed E-state index contributed by atoms with van der Waals surface area (Å²) >= 11 is 0. The van der Waals surface area contributed by atoms with Crippen LogP contribution in [0.2, 0.25) is 0 Å². The topological polar surface area (TPSA) is 119 Å². The zero-order chi connectivity index (χ0) is 26.8. The third-order valence-electron chi connectivity index (χ3n) is 8.64. The number of nitrogens with zero attached hydrogens (tertiary/aromatic N) is 2. The van der Waals surface area contributed by atoms with Crippen molar-refractivity contribution in [2.45, 2.75) is 30.8 Å². The molecule has 196 valence electrons. The Bertz CT molecular complexity index is 1450. The van der Waals surface area contributed by atoms with Gasteiger partial charge in [-0.25, -0.2) is 4.90 Å². The van der Waals surface area contributed by atoms with Crippen molar-refractivity contribution in [2.75, 3.05) is 18.1 Å². The highest BCUT2D eigenvalue weighted by Gasteiger charge is 2.62. The van der Waals surface area contributed by atoms with Crippen LogP contribution in [-0.4, -0.2) is 41.9 Å². The number of benzene rings is 3. The van der Waals surface area contributed by atoms with Gasteiger partial charge in [-0.1, -0.05) is 48.5 Å². The van der Waals surface area contributed by atoms with Gasteiger partial charge in [0.15, 0.2) is 0 Å². The summed E-state index contributed by atoms with van der Waals surface area (Å²) in [7, 11) is 0. The maximum Gasteiger partial charge on any atom is 0.271 e. The molecule has 9 nitrogen and oxygen atoms in total. The van der Waals surface area contributed by atoms with E-state index in [1.165, 1.54) is 12.1 Å². The minimum atomic E-state index is -0.658. The van der Waals surface area contributed by atoms with Gasteiger partial charge in [0.05, 0.1) is 34.1 Å². The number of hydrogen-bond acceptors (Lipinski definition) is 6. The Morgan fingerprint density at radius 1 is 0.923 bits per heavy atom. The van der Waals surface area contributed by atoms with Crippen LogP contribution in [0.3, 0.4) is 0 Å². The molecule has 0 aromatic heterocycles. The standard InChI is InChI=1S/C30H25N3O6/c34-28(31-15-17-6-5-13-39-17)22-12-11-16(33(37)38)14-23(22)32-29(35)26-24-18-7-1-2-8-19(18)25(27(26)30(32)36)21-10-4-3-9-20(21)24/h1-4,7-12,14,17,24-27H,5-6,13,15H2,(H,31,34)/t17-,24?,25?,26+,27+/m0/s1. The number of ether oxygens (including phenoxy) is 1. The number of imide groups is 1. The first-order valence-electron chi connectivity index (χ1n) is 13.2. The molecule has 3 atom stereocenters. The molecule has 0 spiro atoms. The molecule has 8 rings (SSSR count). The van der Waals surface area contributed by atoms with Gasteiger partial charge in [-0.2, -0.15) is 0 Å². The van der Waals surface area contributed by atoms with E-state index in [1.54, 1.807) is 0 Å². The number of nitro benzene ring substituents is 1. The first-order chi connectivity index (χ1) is 19.0. The number of amides is 3. The Kier molecular flexibility index (Phi) is 5.38. The van der Waals surface area contributed by atoms with Crippen LogP contribution >= 0.6 is 0 Å². The SMILES string of the molecule is O=C(NC[C@@H]1CCCO1)c1ccc([N+](=O)[O-])cc1N1C(=O)[C@@H]2C3c4ccccc4C(c4ccccc43)[C@H]2C1=O. The van der Waals surface area contributed by atoms with Gasteiger partial charge in [0, 0.05) is 37.1 Å². The van der Waals surface area contributed by atoms with E-state index in [1.807, 2.05) is 48.5 Å². The van der Waals surface area contributed by atoms with Crippen molar-refractivity contribution in [3.8, 4) is 0 Å². The smallest absolute Gasteiger partial charge is 0.271 e. The van der Waals surface area contributed by atoms with Crippen molar-refractivity contribution in [1.82, 2.24) is 5.32 Å². The fourth-order valence-electron chi connectivity index (χ4n) is 7.03. The summed E-state index contributed by atoms with van der Waals surface area (Å²) in [6.45, 7) is 0.910. The van der Waals surface area contributed by atoms with Gasteiger partial charge in [-0.05, 0) is 41.2 Å². The molecule has 5 aliphatic rings. The first kappa shape index (κ1) is 23.7. The van der Waals surface area contributed by atoms with Gasteiger partial charge in [0.25, 0.3) is 11.6 Å². The van der Waals surface area contributed by atoms with E-state index in [0.717, 1.165) is 46.1 Å². The summed E-state index contributed by atoms with van der Waals surface area (Å²) in [5.41, 5.74) is 3.80. The van der Waals surface area contributed by atoms with Crippen LogP contribution in [0.25, 0.3) is 0 Å². The van der Waals surface area contributed by atoms with Gasteiger partial charge in [-0.3, -0.25) is 24.5 Å². The minimum Gasteiger partial charge on any atom is -0.376 e. The summed E-state index contributed by atoms with van der Waals surface area (Å²) in [5.74, 6) is -3.33. The number of non-ortho nitro benzene ring substituents is 1. The Morgan fingerprint density at radius 3 is 1.97 bits per heavy atom. The minimum absolute atomic E-state index is 0.0429. The molecule has 9 heteroatoms. The normalized spacial score (nSPS) is 26.3. The zero-order valence-corrected chi connectivity index (χ0v) is 20.9. The van der Waals surface area contributed by atoms with Crippen LogP contribution in [0.1, 0.15) is 57.3 Å². The second-order valence-electron chi connectivity index (χ2n) is 10.6. The van der Waals surface area contributed by atoms with Crippen molar-refractivity contribution >= 4 is 29.1 Å². The molecule has 3 aliphatic carbocycles. The number of nitro groups is 1. The predicted molar refractivity (Wildman–Crippen MR) is 140 cm³/mol. The van der Waals surface area contributed by atoms with Crippen LogP contribution in [0.5, 0.6) is 0 Å². The Hall–Kier alpha value is -4.37. The molecule has 39 heavy (non-hydrogen) atoms. The Morgan fingerprint density at radius 2 is 1.49 bits per heavy atom. The lowest BCUT2D eigenvalue weighted by Crippen LogP contribution is -2.41. The first-order valence-corrected chi connectivity index (χ1v) is 13.2. The highest BCUT2D eigenvalue weighted by atomic mass is 16.6. The Balaban J connectivity index is 1.32. The fraction of sp³-hybridized carbons (Fsp3) is 0.300. The van der Waals surface area contributed by atoms with Crippen molar-refractivity contribution in [1.29, 1.82) is 0 Å². The second kappa shape index (κ2) is 8.84. The van der Waals surface area contributed by atoms with Gasteiger partial charge in [0.1, 0.15) is 0 Å². The van der Waals surface area contributed by atoms with E-state index >= 15 is 0 Å². The number of rotatable bonds is 5. The third-order valence-corrected chi connectivity index (χ3v) is 8.64. The van der Waals surface area contributed by atoms with Crippen molar-refractivity contribution in [2.24, 2.45) is 11.8 Å². The highest BCUT2D eigenvalue weighted by molar-refractivity contribution is 6.25. The summed E-state index contributed by atoms with van der Waals surface area (Å²) in [6, 6.07) is 19.5. The molecular weight excluding hydrogens is 498 g/mol. The average Bonchev–Trinajstić information content (AvgIpc) is 3.57. The largest absolute Gasteiger partial charge is 0.376 e. The van der Waals surface area contributed by atoms with Crippen molar-refractivity contribution < 1.29 is 24.0 Å². The summed E-state index contributed by atoms with van der Waals surface area (Å²) < 4.78 is 5.59. The summed E-state index contributed by atoms with van der Waals surface area (Å²) in [4.78, 5) is 53.7. The average molecular weight is 524 g/mol. The van der Waals surface area contributed by atoms with Crippen molar-refractivity contribution in [3.05, 3.63) is 105 Å². The van der Waals surface area contributed by atoms with Crippen molar-refractivity contribution in [3.63, 3.8) is 0 Å². The van der Waals surface area contributed by atoms with Gasteiger partial charge >= 0.3 is 0 Å². The number of carbonyl (C=O) groups is 3. The zero-order valence-electron chi connectivity index (χ0n) is 20.9. The van der Waals surface area contributed by atoms with Crippen LogP contribution in [-0.2, 0) is 14.3 Å². The number of nitrogens with one attached hydrogen (secondary N) is 1. The quantitative estimate of drug-likeness (QED) is 0.308. The third kappa shape index (κ3) is 3.46. The van der Waals surface area contributed by atoms with E-state index in [0.29, 0.717) is 6.61 Å². The molecule has 2 heterocycles. The van der Waals surface area contributed by atoms with Gasteiger partial charge in [0.2, 0.25) is 11.8 Å².